The number of hydrogen-bond donors (Lipinski definition) is 0. The van der Waals surface area contributed by atoms with Crippen LogP contribution in [0.1, 0.15) is 42.2 Å². The highest BCUT2D eigenvalue weighted by Gasteiger charge is 2.65. The largest absolute Gasteiger partial charge is 0.484 e. The summed E-state index contributed by atoms with van der Waals surface area (Å²) >= 11 is 0. The number of sulfone groups is 1. The maximum Gasteiger partial charge on any atom is 0.281 e. The zero-order chi connectivity index (χ0) is 22.8. The summed E-state index contributed by atoms with van der Waals surface area (Å²) in [7, 11) is -3.61. The molecule has 1 aromatic carbocycles. The van der Waals surface area contributed by atoms with Crippen molar-refractivity contribution < 1.29 is 31.1 Å². The number of piperidine rings is 1. The Labute approximate surface area is 179 Å². The lowest BCUT2D eigenvalue weighted by Gasteiger charge is -2.25. The summed E-state index contributed by atoms with van der Waals surface area (Å²) in [5.41, 5.74) is 0.355. The average molecular weight is 454 g/mol. The number of oxazole rings is 1. The standard InChI is InChI=1S/C21H24F2N2O5S/c1-12-10-29-19(24-12)21-8-14(21)9-25(11-21)18(26)16-7-15(31(4,27)28)5-6-17(16)30-13(2)20(3,22)23/h5-7,10,13-14H,8-9,11H2,1-4H3. The van der Waals surface area contributed by atoms with Crippen molar-refractivity contribution in [3.63, 3.8) is 0 Å². The van der Waals surface area contributed by atoms with Crippen molar-refractivity contribution in [2.45, 2.75) is 49.5 Å². The van der Waals surface area contributed by atoms with E-state index in [2.05, 4.69) is 4.98 Å². The van der Waals surface area contributed by atoms with Crippen LogP contribution in [0.5, 0.6) is 5.75 Å². The number of likely N-dealkylation sites (tertiary alicyclic amines) is 1. The molecule has 1 aliphatic carbocycles. The van der Waals surface area contributed by atoms with E-state index >= 15 is 0 Å². The third kappa shape index (κ3) is 3.93. The number of carbonyl (C=O) groups is 1. The first-order valence-electron chi connectivity index (χ1n) is 9.92. The number of benzene rings is 1. The van der Waals surface area contributed by atoms with Gasteiger partial charge in [0.25, 0.3) is 11.8 Å². The molecule has 3 unspecified atom stereocenters. The molecule has 2 aliphatic rings. The lowest BCUT2D eigenvalue weighted by molar-refractivity contribution is -0.0720. The summed E-state index contributed by atoms with van der Waals surface area (Å²) in [4.78, 5) is 19.2. The van der Waals surface area contributed by atoms with Crippen LogP contribution >= 0.6 is 0 Å². The number of carbonyl (C=O) groups excluding carboxylic acids is 1. The molecule has 1 aliphatic heterocycles. The second kappa shape index (κ2) is 7.01. The third-order valence-corrected chi connectivity index (χ3v) is 7.22. The van der Waals surface area contributed by atoms with E-state index in [9.17, 15) is 22.0 Å². The highest BCUT2D eigenvalue weighted by molar-refractivity contribution is 7.90. The van der Waals surface area contributed by atoms with Gasteiger partial charge in [-0.15, -0.1) is 0 Å². The summed E-state index contributed by atoms with van der Waals surface area (Å²) in [6.07, 6.45) is 1.93. The molecule has 1 aromatic heterocycles. The van der Waals surface area contributed by atoms with E-state index in [1.165, 1.54) is 25.1 Å². The van der Waals surface area contributed by atoms with Crippen LogP contribution in [-0.4, -0.2) is 55.6 Å². The van der Waals surface area contributed by atoms with Crippen molar-refractivity contribution in [2.24, 2.45) is 5.92 Å². The number of nitrogens with zero attached hydrogens (tertiary/aromatic N) is 2. The van der Waals surface area contributed by atoms with Gasteiger partial charge in [-0.2, -0.15) is 0 Å². The van der Waals surface area contributed by atoms with Crippen molar-refractivity contribution in [1.82, 2.24) is 9.88 Å². The summed E-state index contributed by atoms with van der Waals surface area (Å²) in [5, 5.41) is 0. The number of ether oxygens (including phenoxy) is 1. The summed E-state index contributed by atoms with van der Waals surface area (Å²) in [5.74, 6) is -2.91. The molecule has 1 saturated carbocycles. The highest BCUT2D eigenvalue weighted by atomic mass is 32.2. The zero-order valence-electron chi connectivity index (χ0n) is 17.7. The Kier molecular flexibility index (Phi) is 4.92. The van der Waals surface area contributed by atoms with E-state index in [0.29, 0.717) is 19.0 Å². The van der Waals surface area contributed by atoms with Crippen molar-refractivity contribution in [3.8, 4) is 5.75 Å². The summed E-state index contributed by atoms with van der Waals surface area (Å²) in [6.45, 7) is 4.55. The molecule has 0 radical (unpaired) electrons. The Bertz CT molecular complexity index is 1140. The fourth-order valence-electron chi connectivity index (χ4n) is 4.03. The first-order chi connectivity index (χ1) is 14.3. The molecule has 2 heterocycles. The molecule has 7 nitrogen and oxygen atoms in total. The van der Waals surface area contributed by atoms with Crippen molar-refractivity contribution in [3.05, 3.63) is 41.6 Å². The molecule has 168 valence electrons. The Hall–Kier alpha value is -2.49. The van der Waals surface area contributed by atoms with Crippen LogP contribution in [0.2, 0.25) is 0 Å². The van der Waals surface area contributed by atoms with Crippen LogP contribution < -0.4 is 4.74 Å². The van der Waals surface area contributed by atoms with Gasteiger partial charge in [-0.05, 0) is 44.4 Å². The van der Waals surface area contributed by atoms with Gasteiger partial charge in [0.2, 0.25) is 5.89 Å². The van der Waals surface area contributed by atoms with Gasteiger partial charge in [0, 0.05) is 26.3 Å². The SMILES string of the molecule is Cc1coc(C23CC2CN(C(=O)c2cc(S(C)(=O)=O)ccc2OC(C)C(C)(F)F)C3)n1. The summed E-state index contributed by atoms with van der Waals surface area (Å²) < 4.78 is 62.3. The number of halogens is 2. The first kappa shape index (κ1) is 21.7. The van der Waals surface area contributed by atoms with Gasteiger partial charge in [0.1, 0.15) is 12.0 Å². The molecule has 0 N–H and O–H groups in total. The van der Waals surface area contributed by atoms with E-state index in [-0.39, 0.29) is 27.5 Å². The Morgan fingerprint density at radius 1 is 1.42 bits per heavy atom. The first-order valence-corrected chi connectivity index (χ1v) is 11.8. The molecule has 2 fully saturated rings. The minimum absolute atomic E-state index is 0.0564. The van der Waals surface area contributed by atoms with Gasteiger partial charge in [0.15, 0.2) is 15.9 Å². The fourth-order valence-corrected chi connectivity index (χ4v) is 4.67. The van der Waals surface area contributed by atoms with Crippen LogP contribution in [0.4, 0.5) is 8.78 Å². The van der Waals surface area contributed by atoms with Gasteiger partial charge in [-0.25, -0.2) is 22.2 Å². The zero-order valence-corrected chi connectivity index (χ0v) is 18.5. The Balaban J connectivity index is 1.65. The average Bonchev–Trinajstić information content (AvgIpc) is 2.99. The monoisotopic (exact) mass is 454 g/mol. The van der Waals surface area contributed by atoms with E-state index < -0.39 is 27.8 Å². The Morgan fingerprint density at radius 2 is 2.13 bits per heavy atom. The topological polar surface area (TPSA) is 89.7 Å². The molecule has 10 heteroatoms. The minimum Gasteiger partial charge on any atom is -0.484 e. The van der Waals surface area contributed by atoms with Gasteiger partial charge in [-0.1, -0.05) is 0 Å². The lowest BCUT2D eigenvalue weighted by atomic mass is 10.1. The molecule has 3 atom stereocenters. The second-order valence-electron chi connectivity index (χ2n) is 8.68. The predicted molar refractivity (Wildman–Crippen MR) is 107 cm³/mol. The van der Waals surface area contributed by atoms with Gasteiger partial charge >= 0.3 is 0 Å². The van der Waals surface area contributed by atoms with Crippen LogP contribution in [0.25, 0.3) is 0 Å². The maximum atomic E-state index is 13.7. The quantitative estimate of drug-likeness (QED) is 0.666. The molecular weight excluding hydrogens is 430 g/mol. The number of amides is 1. The van der Waals surface area contributed by atoms with Crippen LogP contribution in [0, 0.1) is 12.8 Å². The summed E-state index contributed by atoms with van der Waals surface area (Å²) in [6, 6.07) is 3.70. The third-order valence-electron chi connectivity index (χ3n) is 6.11. The number of rotatable bonds is 6. The van der Waals surface area contributed by atoms with Gasteiger partial charge in [-0.3, -0.25) is 4.79 Å². The van der Waals surface area contributed by atoms with Crippen molar-refractivity contribution in [2.75, 3.05) is 19.3 Å². The second-order valence-corrected chi connectivity index (χ2v) is 10.7. The van der Waals surface area contributed by atoms with Crippen LogP contribution in [0.3, 0.4) is 0 Å². The van der Waals surface area contributed by atoms with Crippen LogP contribution in [0.15, 0.2) is 33.8 Å². The van der Waals surface area contributed by atoms with Gasteiger partial charge in [0.05, 0.1) is 21.6 Å². The molecule has 0 bridgehead atoms. The molecule has 1 saturated heterocycles. The van der Waals surface area contributed by atoms with Crippen LogP contribution in [-0.2, 0) is 15.3 Å². The van der Waals surface area contributed by atoms with E-state index in [4.69, 9.17) is 9.15 Å². The van der Waals surface area contributed by atoms with Crippen molar-refractivity contribution in [1.29, 1.82) is 0 Å². The number of fused-ring (bicyclic) bond motifs is 1. The van der Waals surface area contributed by atoms with E-state index in [1.54, 1.807) is 11.2 Å². The number of aromatic nitrogens is 1. The fraction of sp³-hybridized carbons (Fsp3) is 0.524. The molecule has 2 aromatic rings. The molecule has 0 spiro atoms. The molecular formula is C21H24F2N2O5S. The molecule has 4 rings (SSSR count). The van der Waals surface area contributed by atoms with Crippen molar-refractivity contribution >= 4 is 15.7 Å². The van der Waals surface area contributed by atoms with E-state index in [0.717, 1.165) is 25.3 Å². The Morgan fingerprint density at radius 3 is 2.71 bits per heavy atom. The molecule has 1 amide bonds. The smallest absolute Gasteiger partial charge is 0.281 e. The van der Waals surface area contributed by atoms with Gasteiger partial charge < -0.3 is 14.1 Å². The van der Waals surface area contributed by atoms with E-state index in [1.807, 2.05) is 6.92 Å². The molecule has 31 heavy (non-hydrogen) atoms. The maximum absolute atomic E-state index is 13.7. The lowest BCUT2D eigenvalue weighted by Crippen LogP contribution is -2.35. The number of hydrogen-bond acceptors (Lipinski definition) is 6. The predicted octanol–water partition coefficient (Wildman–Crippen LogP) is 3.22. The number of aryl methyl sites for hydroxylation is 1. The minimum atomic E-state index is -3.61. The normalized spacial score (nSPS) is 24.1. The number of alkyl halides is 2. The highest BCUT2D eigenvalue weighted by Crippen LogP contribution is 2.58.